The summed E-state index contributed by atoms with van der Waals surface area (Å²) < 4.78 is 6.75. The zero-order chi connectivity index (χ0) is 17.1. The fourth-order valence-electron chi connectivity index (χ4n) is 1.80. The Hall–Kier alpha value is -1.93. The van der Waals surface area contributed by atoms with E-state index in [4.69, 9.17) is 16.0 Å². The van der Waals surface area contributed by atoms with Gasteiger partial charge in [-0.1, -0.05) is 0 Å². The SMILES string of the molecule is CN(N)C(=N)c1nc2c(n1C)CN(C=O)C2.COC(C)(C)C. The number of nitrogens with two attached hydrogens (primary N) is 1. The predicted molar refractivity (Wildman–Crippen MR) is 84.1 cm³/mol. The molecule has 0 saturated heterocycles. The van der Waals surface area contributed by atoms with Crippen LogP contribution in [0, 0.1) is 5.41 Å². The van der Waals surface area contributed by atoms with E-state index in [0.717, 1.165) is 17.8 Å². The van der Waals surface area contributed by atoms with Crippen molar-refractivity contribution >= 4 is 12.2 Å². The van der Waals surface area contributed by atoms with Crippen molar-refractivity contribution in [2.45, 2.75) is 39.5 Å². The second kappa shape index (κ2) is 6.89. The van der Waals surface area contributed by atoms with E-state index in [-0.39, 0.29) is 11.4 Å². The van der Waals surface area contributed by atoms with Gasteiger partial charge in [0.15, 0.2) is 11.7 Å². The Bertz CT molecular complexity index is 544. The number of nitrogens with zero attached hydrogens (tertiary/aromatic N) is 4. The van der Waals surface area contributed by atoms with Gasteiger partial charge < -0.3 is 14.2 Å². The fraction of sp³-hybridized carbons (Fsp3) is 0.643. The van der Waals surface area contributed by atoms with E-state index < -0.39 is 0 Å². The van der Waals surface area contributed by atoms with Crippen LogP contribution in [0.4, 0.5) is 0 Å². The molecule has 1 aliphatic heterocycles. The van der Waals surface area contributed by atoms with Crippen molar-refractivity contribution in [2.24, 2.45) is 12.9 Å². The number of methoxy groups -OCH3 is 1. The van der Waals surface area contributed by atoms with Crippen LogP contribution in [0.3, 0.4) is 0 Å². The smallest absolute Gasteiger partial charge is 0.210 e. The molecular formula is C14H26N6O2. The molecule has 2 rings (SSSR count). The number of aromatic nitrogens is 2. The van der Waals surface area contributed by atoms with Gasteiger partial charge >= 0.3 is 0 Å². The number of hydrogen-bond acceptors (Lipinski definition) is 5. The summed E-state index contributed by atoms with van der Waals surface area (Å²) in [5.74, 6) is 6.19. The van der Waals surface area contributed by atoms with E-state index in [1.165, 1.54) is 5.01 Å². The number of rotatable bonds is 2. The molecule has 0 atom stereocenters. The van der Waals surface area contributed by atoms with Gasteiger partial charge in [0, 0.05) is 21.2 Å². The molecule has 124 valence electrons. The molecule has 0 bridgehead atoms. The lowest BCUT2D eigenvalue weighted by molar-refractivity contribution is -0.118. The minimum Gasteiger partial charge on any atom is -0.379 e. The minimum absolute atomic E-state index is 0.0417. The van der Waals surface area contributed by atoms with E-state index in [0.29, 0.717) is 18.9 Å². The first kappa shape index (κ1) is 18.1. The highest BCUT2D eigenvalue weighted by Crippen LogP contribution is 2.21. The molecule has 2 heterocycles. The van der Waals surface area contributed by atoms with E-state index in [2.05, 4.69) is 4.98 Å². The molecule has 0 radical (unpaired) electrons. The van der Waals surface area contributed by atoms with Gasteiger partial charge in [0.25, 0.3) is 0 Å². The van der Waals surface area contributed by atoms with Crippen LogP contribution in [0.25, 0.3) is 0 Å². The summed E-state index contributed by atoms with van der Waals surface area (Å²) in [5, 5.41) is 8.98. The molecule has 8 nitrogen and oxygen atoms in total. The fourth-order valence-corrected chi connectivity index (χ4v) is 1.80. The Labute approximate surface area is 131 Å². The molecule has 1 aromatic heterocycles. The number of amides is 1. The van der Waals surface area contributed by atoms with E-state index >= 15 is 0 Å². The number of ether oxygens (including phenoxy) is 1. The quantitative estimate of drug-likeness (QED) is 0.272. The van der Waals surface area contributed by atoms with Crippen LogP contribution in [-0.2, 0) is 29.7 Å². The first-order valence-electron chi connectivity index (χ1n) is 6.97. The van der Waals surface area contributed by atoms with Gasteiger partial charge in [0.05, 0.1) is 30.1 Å². The highest BCUT2D eigenvalue weighted by atomic mass is 16.5. The first-order valence-corrected chi connectivity index (χ1v) is 6.97. The number of hydrazine groups is 1. The number of fused-ring (bicyclic) bond motifs is 1. The third-order valence-electron chi connectivity index (χ3n) is 3.33. The van der Waals surface area contributed by atoms with Crippen molar-refractivity contribution in [1.29, 1.82) is 5.41 Å². The minimum atomic E-state index is 0.0417. The first-order chi connectivity index (χ1) is 10.1. The van der Waals surface area contributed by atoms with Crippen molar-refractivity contribution in [1.82, 2.24) is 19.5 Å². The third kappa shape index (κ3) is 4.28. The van der Waals surface area contributed by atoms with Crippen molar-refractivity contribution in [3.63, 3.8) is 0 Å². The molecule has 0 aliphatic carbocycles. The number of nitrogens with one attached hydrogen (secondary N) is 1. The summed E-state index contributed by atoms with van der Waals surface area (Å²) in [6, 6.07) is 0. The summed E-state index contributed by atoms with van der Waals surface area (Å²) in [6.45, 7) is 7.12. The molecule has 0 aromatic carbocycles. The monoisotopic (exact) mass is 310 g/mol. The van der Waals surface area contributed by atoms with E-state index in [1.54, 1.807) is 19.1 Å². The molecular weight excluding hydrogens is 284 g/mol. The van der Waals surface area contributed by atoms with Crippen molar-refractivity contribution in [3.05, 3.63) is 17.2 Å². The van der Waals surface area contributed by atoms with Crippen LogP contribution in [-0.4, -0.2) is 51.5 Å². The number of carbonyl (C=O) groups excluding carboxylic acids is 1. The molecule has 1 aromatic rings. The van der Waals surface area contributed by atoms with Gasteiger partial charge in [0.1, 0.15) is 0 Å². The topological polar surface area (TPSA) is 100 Å². The highest BCUT2D eigenvalue weighted by Gasteiger charge is 2.26. The molecule has 22 heavy (non-hydrogen) atoms. The Morgan fingerprint density at radius 2 is 2.00 bits per heavy atom. The van der Waals surface area contributed by atoms with Crippen molar-refractivity contribution in [2.75, 3.05) is 14.2 Å². The number of carbonyl (C=O) groups is 1. The molecule has 0 saturated carbocycles. The Morgan fingerprint density at radius 3 is 2.36 bits per heavy atom. The molecule has 0 fully saturated rings. The Kier molecular flexibility index (Phi) is 5.67. The van der Waals surface area contributed by atoms with E-state index in [9.17, 15) is 4.79 Å². The summed E-state index contributed by atoms with van der Waals surface area (Å²) in [7, 11) is 5.13. The lowest BCUT2D eigenvalue weighted by atomic mass is 10.2. The molecule has 1 amide bonds. The highest BCUT2D eigenvalue weighted by molar-refractivity contribution is 5.92. The largest absolute Gasteiger partial charge is 0.379 e. The van der Waals surface area contributed by atoms with E-state index in [1.807, 2.05) is 32.4 Å². The zero-order valence-corrected chi connectivity index (χ0v) is 14.2. The maximum Gasteiger partial charge on any atom is 0.210 e. The van der Waals surface area contributed by atoms with Crippen LogP contribution in [0.5, 0.6) is 0 Å². The maximum absolute atomic E-state index is 10.6. The van der Waals surface area contributed by atoms with Crippen LogP contribution in [0.1, 0.15) is 38.0 Å². The summed E-state index contributed by atoms with van der Waals surface area (Å²) in [4.78, 5) is 16.6. The Balaban J connectivity index is 0.000000346. The van der Waals surface area contributed by atoms with Gasteiger partial charge in [-0.05, 0) is 20.8 Å². The second-order valence-corrected chi connectivity index (χ2v) is 6.17. The lowest BCUT2D eigenvalue weighted by Crippen LogP contribution is -2.35. The van der Waals surface area contributed by atoms with Crippen LogP contribution >= 0.6 is 0 Å². The van der Waals surface area contributed by atoms with Crippen molar-refractivity contribution < 1.29 is 9.53 Å². The third-order valence-corrected chi connectivity index (χ3v) is 3.33. The van der Waals surface area contributed by atoms with Crippen LogP contribution < -0.4 is 5.84 Å². The molecule has 0 unspecified atom stereocenters. The summed E-state index contributed by atoms with van der Waals surface area (Å²) >= 11 is 0. The average molecular weight is 310 g/mol. The van der Waals surface area contributed by atoms with Gasteiger partial charge in [0.2, 0.25) is 6.41 Å². The van der Waals surface area contributed by atoms with Gasteiger partial charge in [-0.3, -0.25) is 15.2 Å². The maximum atomic E-state index is 10.6. The number of imidazole rings is 1. The zero-order valence-electron chi connectivity index (χ0n) is 14.2. The van der Waals surface area contributed by atoms with Gasteiger partial charge in [-0.15, -0.1) is 0 Å². The average Bonchev–Trinajstić information content (AvgIpc) is 2.97. The second-order valence-electron chi connectivity index (χ2n) is 6.17. The Morgan fingerprint density at radius 1 is 1.45 bits per heavy atom. The molecule has 1 aliphatic rings. The lowest BCUT2D eigenvalue weighted by Gasteiger charge is -2.14. The predicted octanol–water partition coefficient (Wildman–Crippen LogP) is 0.454. The normalized spacial score (nSPS) is 13.3. The van der Waals surface area contributed by atoms with Crippen molar-refractivity contribution in [3.8, 4) is 0 Å². The number of amidine groups is 1. The summed E-state index contributed by atoms with van der Waals surface area (Å²) in [6.07, 6.45) is 0.807. The number of hydrogen-bond donors (Lipinski definition) is 2. The van der Waals surface area contributed by atoms with Gasteiger partial charge in [-0.25, -0.2) is 10.8 Å². The van der Waals surface area contributed by atoms with Gasteiger partial charge in [-0.2, -0.15) is 0 Å². The van der Waals surface area contributed by atoms with Crippen LogP contribution in [0.2, 0.25) is 0 Å². The standard InChI is InChI=1S/C9H14N6O.C5H12O/c1-13-7-4-15(5-16)3-6(7)12-9(13)8(10)14(2)11;1-5(2,3)6-4/h5,10H,3-4,11H2,1-2H3;1-4H3. The molecule has 3 N–H and O–H groups in total. The summed E-state index contributed by atoms with van der Waals surface area (Å²) in [5.41, 5.74) is 1.85. The molecule has 0 spiro atoms. The molecule has 8 heteroatoms. The van der Waals surface area contributed by atoms with Crippen LogP contribution in [0.15, 0.2) is 0 Å².